The first-order valence-corrected chi connectivity index (χ1v) is 8.40. The second kappa shape index (κ2) is 7.35. The first kappa shape index (κ1) is 17.0. The lowest BCUT2D eigenvalue weighted by Crippen LogP contribution is -2.23. The molecule has 0 saturated carbocycles. The van der Waals surface area contributed by atoms with Gasteiger partial charge in [-0.25, -0.2) is 0 Å². The summed E-state index contributed by atoms with van der Waals surface area (Å²) >= 11 is 0. The van der Waals surface area contributed by atoms with E-state index in [1.165, 1.54) is 0 Å². The molecule has 1 amide bonds. The Morgan fingerprint density at radius 2 is 1.28 bits per heavy atom. The van der Waals surface area contributed by atoms with Crippen molar-refractivity contribution in [2.75, 3.05) is 5.32 Å². The highest BCUT2D eigenvalue weighted by Gasteiger charge is 2.25. The molecular weight excluding hydrogens is 306 g/mol. The quantitative estimate of drug-likeness (QED) is 0.696. The molecule has 0 aliphatic carbocycles. The van der Waals surface area contributed by atoms with Crippen molar-refractivity contribution < 1.29 is 4.79 Å². The fourth-order valence-corrected chi connectivity index (χ4v) is 3.07. The van der Waals surface area contributed by atoms with E-state index >= 15 is 0 Å². The van der Waals surface area contributed by atoms with Gasteiger partial charge in [0.05, 0.1) is 5.92 Å². The van der Waals surface area contributed by atoms with Crippen LogP contribution in [0.5, 0.6) is 0 Å². The highest BCUT2D eigenvalue weighted by Crippen LogP contribution is 2.30. The van der Waals surface area contributed by atoms with E-state index in [0.717, 1.165) is 33.5 Å². The summed E-state index contributed by atoms with van der Waals surface area (Å²) in [4.78, 5) is 13.2. The normalized spacial score (nSPS) is 10.7. The maximum atomic E-state index is 13.2. The molecule has 0 atom stereocenters. The van der Waals surface area contributed by atoms with Gasteiger partial charge in [0.25, 0.3) is 0 Å². The van der Waals surface area contributed by atoms with Gasteiger partial charge >= 0.3 is 0 Å². The zero-order valence-electron chi connectivity index (χ0n) is 14.6. The standard InChI is InChI=1S/C23H22NO/c1-16-12-14-19(15-13-16)24-23(25)22(20-10-6-4-8-17(20)2)21-11-7-5-9-18(21)3/h4-15,22H,1H2,2-3H3,(H,24,25). The Kier molecular flexibility index (Phi) is 4.99. The highest BCUT2D eigenvalue weighted by atomic mass is 16.1. The van der Waals surface area contributed by atoms with Gasteiger partial charge in [-0.3, -0.25) is 4.79 Å². The lowest BCUT2D eigenvalue weighted by Gasteiger charge is -2.21. The van der Waals surface area contributed by atoms with Crippen LogP contribution in [0.2, 0.25) is 0 Å². The number of carbonyl (C=O) groups is 1. The van der Waals surface area contributed by atoms with Crippen molar-refractivity contribution in [2.45, 2.75) is 19.8 Å². The zero-order valence-corrected chi connectivity index (χ0v) is 14.6. The summed E-state index contributed by atoms with van der Waals surface area (Å²) in [5, 5.41) is 3.05. The minimum Gasteiger partial charge on any atom is -0.325 e. The molecule has 3 aromatic carbocycles. The van der Waals surface area contributed by atoms with Crippen molar-refractivity contribution in [3.63, 3.8) is 0 Å². The number of hydrogen-bond donors (Lipinski definition) is 1. The van der Waals surface area contributed by atoms with Crippen LogP contribution in [0.1, 0.15) is 33.7 Å². The third-order valence-corrected chi connectivity index (χ3v) is 4.48. The second-order valence-corrected chi connectivity index (χ2v) is 6.33. The molecule has 0 bridgehead atoms. The lowest BCUT2D eigenvalue weighted by atomic mass is 9.85. The Hall–Kier alpha value is -2.87. The monoisotopic (exact) mass is 328 g/mol. The number of amides is 1. The fraction of sp³-hybridized carbons (Fsp3) is 0.130. The van der Waals surface area contributed by atoms with E-state index in [1.807, 2.05) is 86.6 Å². The van der Waals surface area contributed by atoms with Crippen LogP contribution in [0.25, 0.3) is 0 Å². The predicted octanol–water partition coefficient (Wildman–Crippen LogP) is 5.26. The minimum absolute atomic E-state index is 0.0274. The Bertz CT molecular complexity index is 835. The Balaban J connectivity index is 2.02. The van der Waals surface area contributed by atoms with Gasteiger partial charge in [-0.1, -0.05) is 60.7 Å². The molecule has 0 aliphatic rings. The van der Waals surface area contributed by atoms with Crippen molar-refractivity contribution in [2.24, 2.45) is 0 Å². The van der Waals surface area contributed by atoms with E-state index in [4.69, 9.17) is 0 Å². The molecule has 0 saturated heterocycles. The molecule has 25 heavy (non-hydrogen) atoms. The molecule has 0 fully saturated rings. The molecule has 125 valence electrons. The number of hydrogen-bond acceptors (Lipinski definition) is 1. The lowest BCUT2D eigenvalue weighted by molar-refractivity contribution is -0.116. The fourth-order valence-electron chi connectivity index (χ4n) is 3.07. The van der Waals surface area contributed by atoms with E-state index in [9.17, 15) is 4.79 Å². The first-order chi connectivity index (χ1) is 12.1. The summed E-state index contributed by atoms with van der Waals surface area (Å²) in [6.07, 6.45) is 0. The van der Waals surface area contributed by atoms with Gasteiger partial charge in [0.2, 0.25) is 5.91 Å². The molecule has 1 N–H and O–H groups in total. The Morgan fingerprint density at radius 1 is 0.800 bits per heavy atom. The van der Waals surface area contributed by atoms with Crippen molar-refractivity contribution >= 4 is 11.6 Å². The molecule has 2 nitrogen and oxygen atoms in total. The summed E-state index contributed by atoms with van der Waals surface area (Å²) in [6, 6.07) is 23.7. The van der Waals surface area contributed by atoms with E-state index in [2.05, 4.69) is 12.2 Å². The van der Waals surface area contributed by atoms with Crippen molar-refractivity contribution in [3.8, 4) is 0 Å². The molecule has 2 heteroatoms. The highest BCUT2D eigenvalue weighted by molar-refractivity contribution is 5.98. The van der Waals surface area contributed by atoms with Crippen LogP contribution in [-0.2, 0) is 4.79 Å². The number of carbonyl (C=O) groups excluding carboxylic acids is 1. The van der Waals surface area contributed by atoms with E-state index in [-0.39, 0.29) is 11.8 Å². The molecule has 0 heterocycles. The molecule has 0 aromatic heterocycles. The number of anilines is 1. The van der Waals surface area contributed by atoms with Gasteiger partial charge in [0, 0.05) is 5.69 Å². The van der Waals surface area contributed by atoms with Crippen LogP contribution in [0.4, 0.5) is 5.69 Å². The maximum absolute atomic E-state index is 13.2. The smallest absolute Gasteiger partial charge is 0.236 e. The molecule has 3 aromatic rings. The summed E-state index contributed by atoms with van der Waals surface area (Å²) in [6.45, 7) is 7.98. The Morgan fingerprint density at radius 3 is 1.76 bits per heavy atom. The van der Waals surface area contributed by atoms with Crippen LogP contribution in [0.15, 0.2) is 72.8 Å². The minimum atomic E-state index is -0.346. The third kappa shape index (κ3) is 3.80. The van der Waals surface area contributed by atoms with Gasteiger partial charge in [-0.15, -0.1) is 0 Å². The number of nitrogens with one attached hydrogen (secondary N) is 1. The number of rotatable bonds is 4. The average Bonchev–Trinajstić information content (AvgIpc) is 2.60. The van der Waals surface area contributed by atoms with Gasteiger partial charge < -0.3 is 5.32 Å². The zero-order chi connectivity index (χ0) is 17.8. The van der Waals surface area contributed by atoms with Crippen LogP contribution in [0, 0.1) is 20.8 Å². The van der Waals surface area contributed by atoms with E-state index in [0.29, 0.717) is 0 Å². The summed E-state index contributed by atoms with van der Waals surface area (Å²) < 4.78 is 0. The van der Waals surface area contributed by atoms with Gasteiger partial charge in [0.15, 0.2) is 0 Å². The second-order valence-electron chi connectivity index (χ2n) is 6.33. The van der Waals surface area contributed by atoms with Crippen LogP contribution in [0.3, 0.4) is 0 Å². The van der Waals surface area contributed by atoms with Crippen molar-refractivity contribution in [1.29, 1.82) is 0 Å². The number of aryl methyl sites for hydroxylation is 2. The maximum Gasteiger partial charge on any atom is 0.236 e. The van der Waals surface area contributed by atoms with Crippen LogP contribution < -0.4 is 5.32 Å². The number of benzene rings is 3. The van der Waals surface area contributed by atoms with Gasteiger partial charge in [-0.05, 0) is 60.7 Å². The van der Waals surface area contributed by atoms with E-state index in [1.54, 1.807) is 0 Å². The molecular formula is C23H22NO. The summed E-state index contributed by atoms with van der Waals surface area (Å²) in [7, 11) is 0. The SMILES string of the molecule is [CH2]c1ccc(NC(=O)C(c2ccccc2C)c2ccccc2C)cc1. The van der Waals surface area contributed by atoms with Crippen molar-refractivity contribution in [3.05, 3.63) is 108 Å². The summed E-state index contributed by atoms with van der Waals surface area (Å²) in [5.74, 6) is -0.373. The molecule has 0 spiro atoms. The van der Waals surface area contributed by atoms with Crippen LogP contribution in [-0.4, -0.2) is 5.91 Å². The molecule has 0 unspecified atom stereocenters. The van der Waals surface area contributed by atoms with Gasteiger partial charge in [0.1, 0.15) is 0 Å². The Labute approximate surface area is 149 Å². The van der Waals surface area contributed by atoms with Crippen LogP contribution >= 0.6 is 0 Å². The largest absolute Gasteiger partial charge is 0.325 e. The predicted molar refractivity (Wildman–Crippen MR) is 104 cm³/mol. The van der Waals surface area contributed by atoms with Gasteiger partial charge in [-0.2, -0.15) is 0 Å². The average molecular weight is 328 g/mol. The third-order valence-electron chi connectivity index (χ3n) is 4.48. The topological polar surface area (TPSA) is 29.1 Å². The first-order valence-electron chi connectivity index (χ1n) is 8.40. The summed E-state index contributed by atoms with van der Waals surface area (Å²) in [5.41, 5.74) is 5.99. The molecule has 3 rings (SSSR count). The molecule has 1 radical (unpaired) electrons. The van der Waals surface area contributed by atoms with E-state index < -0.39 is 0 Å². The molecule has 0 aliphatic heterocycles. The van der Waals surface area contributed by atoms with Crippen molar-refractivity contribution in [1.82, 2.24) is 0 Å².